The molecule has 0 bridgehead atoms. The van der Waals surface area contributed by atoms with Gasteiger partial charge < -0.3 is 35.6 Å². The topological polar surface area (TPSA) is 166 Å². The van der Waals surface area contributed by atoms with Crippen molar-refractivity contribution in [3.05, 3.63) is 82.9 Å². The van der Waals surface area contributed by atoms with Crippen LogP contribution < -0.4 is 5.32 Å². The maximum absolute atomic E-state index is 10.5. The van der Waals surface area contributed by atoms with Crippen LogP contribution in [0, 0.1) is 6.92 Å². The summed E-state index contributed by atoms with van der Waals surface area (Å²) in [6.07, 6.45) is -1.55. The summed E-state index contributed by atoms with van der Waals surface area (Å²) in [4.78, 5) is 13.2. The van der Waals surface area contributed by atoms with E-state index in [1.165, 1.54) is 17.2 Å². The van der Waals surface area contributed by atoms with E-state index in [0.717, 1.165) is 16.7 Å². The van der Waals surface area contributed by atoms with E-state index in [1.54, 1.807) is 6.07 Å². The van der Waals surface area contributed by atoms with Gasteiger partial charge in [-0.05, 0) is 34.7 Å². The lowest BCUT2D eigenvalue weighted by atomic mass is 9.86. The van der Waals surface area contributed by atoms with E-state index in [0.29, 0.717) is 34.7 Å². The molecule has 0 saturated carbocycles. The number of nitrogens with one attached hydrogen (secondary N) is 1. The van der Waals surface area contributed by atoms with Crippen molar-refractivity contribution in [1.29, 1.82) is 0 Å². The number of hydrogen-bond acceptors (Lipinski definition) is 10. The van der Waals surface area contributed by atoms with Crippen LogP contribution in [0.25, 0.3) is 11.2 Å². The highest BCUT2D eigenvalue weighted by Crippen LogP contribution is 2.33. The SMILES string of the molecule is Cc1ccccc1C(CNc1ncnc2c1ncn2[C@@H]1O[C@H](CO)[C@@H](O)C1O)c1cc(CO)cc(CO)c1. The fourth-order valence-corrected chi connectivity index (χ4v) is 5.04. The van der Waals surface area contributed by atoms with E-state index >= 15 is 0 Å². The van der Waals surface area contributed by atoms with Crippen molar-refractivity contribution in [2.24, 2.45) is 0 Å². The molecule has 2 unspecified atom stereocenters. The smallest absolute Gasteiger partial charge is 0.167 e. The Bertz CT molecular complexity index is 1390. The van der Waals surface area contributed by atoms with Crippen molar-refractivity contribution < 1.29 is 30.3 Å². The molecule has 0 radical (unpaired) electrons. The minimum atomic E-state index is -1.26. The van der Waals surface area contributed by atoms with E-state index in [2.05, 4.69) is 26.3 Å². The third-order valence-electron chi connectivity index (χ3n) is 7.03. The van der Waals surface area contributed by atoms with Crippen molar-refractivity contribution in [2.75, 3.05) is 18.5 Å². The highest BCUT2D eigenvalue weighted by molar-refractivity contribution is 5.82. The molecule has 2 aromatic carbocycles. The Balaban J connectivity index is 1.48. The fraction of sp³-hybridized carbons (Fsp3) is 0.370. The van der Waals surface area contributed by atoms with Crippen molar-refractivity contribution in [2.45, 2.75) is 50.6 Å². The Morgan fingerprint density at radius 2 is 1.71 bits per heavy atom. The molecule has 5 atom stereocenters. The zero-order chi connectivity index (χ0) is 26.8. The van der Waals surface area contributed by atoms with Gasteiger partial charge in [0, 0.05) is 12.5 Å². The molecule has 11 nitrogen and oxygen atoms in total. The summed E-state index contributed by atoms with van der Waals surface area (Å²) in [6.45, 7) is 1.76. The first-order valence-electron chi connectivity index (χ1n) is 12.4. The van der Waals surface area contributed by atoms with Gasteiger partial charge in [0.05, 0.1) is 26.1 Å². The lowest BCUT2D eigenvalue weighted by molar-refractivity contribution is -0.0511. The molecule has 1 aliphatic heterocycles. The van der Waals surface area contributed by atoms with Crippen LogP contribution in [0.1, 0.15) is 40.0 Å². The molecule has 200 valence electrons. The molecular weight excluding hydrogens is 490 g/mol. The zero-order valence-electron chi connectivity index (χ0n) is 20.8. The molecular formula is C27H31N5O6. The summed E-state index contributed by atoms with van der Waals surface area (Å²) in [5, 5.41) is 53.0. The number of aromatic nitrogens is 4. The number of anilines is 1. The molecule has 4 aromatic rings. The van der Waals surface area contributed by atoms with E-state index in [9.17, 15) is 25.5 Å². The van der Waals surface area contributed by atoms with Crippen molar-refractivity contribution in [3.8, 4) is 0 Å². The van der Waals surface area contributed by atoms with E-state index < -0.39 is 31.1 Å². The number of fused-ring (bicyclic) bond motifs is 1. The van der Waals surface area contributed by atoms with E-state index in [4.69, 9.17) is 4.74 Å². The minimum Gasteiger partial charge on any atom is -0.394 e. The summed E-state index contributed by atoms with van der Waals surface area (Å²) in [7, 11) is 0. The number of aliphatic hydroxyl groups excluding tert-OH is 5. The van der Waals surface area contributed by atoms with Crippen LogP contribution in [-0.4, -0.2) is 76.5 Å². The Labute approximate surface area is 219 Å². The Hall–Kier alpha value is -3.45. The van der Waals surface area contributed by atoms with Crippen LogP contribution in [0.3, 0.4) is 0 Å². The Morgan fingerprint density at radius 1 is 0.974 bits per heavy atom. The summed E-state index contributed by atoms with van der Waals surface area (Å²) < 4.78 is 7.17. The summed E-state index contributed by atoms with van der Waals surface area (Å²) in [6, 6.07) is 13.7. The van der Waals surface area contributed by atoms with Gasteiger partial charge in [0.15, 0.2) is 23.2 Å². The second-order valence-corrected chi connectivity index (χ2v) is 9.46. The average molecular weight is 522 g/mol. The van der Waals surface area contributed by atoms with Crippen LogP contribution in [0.5, 0.6) is 0 Å². The van der Waals surface area contributed by atoms with Crippen LogP contribution in [0.15, 0.2) is 55.1 Å². The zero-order valence-corrected chi connectivity index (χ0v) is 20.8. The van der Waals surface area contributed by atoms with Crippen LogP contribution >= 0.6 is 0 Å². The predicted octanol–water partition coefficient (Wildman–Crippen LogP) is 0.975. The van der Waals surface area contributed by atoms with Gasteiger partial charge in [0.2, 0.25) is 0 Å². The highest BCUT2D eigenvalue weighted by Gasteiger charge is 2.44. The van der Waals surface area contributed by atoms with Gasteiger partial charge >= 0.3 is 0 Å². The monoisotopic (exact) mass is 521 g/mol. The highest BCUT2D eigenvalue weighted by atomic mass is 16.6. The second kappa shape index (κ2) is 11.1. The summed E-state index contributed by atoms with van der Waals surface area (Å²) in [5.74, 6) is 0.334. The molecule has 38 heavy (non-hydrogen) atoms. The third kappa shape index (κ3) is 4.87. The lowest BCUT2D eigenvalue weighted by Crippen LogP contribution is -2.33. The van der Waals surface area contributed by atoms with Crippen LogP contribution in [-0.2, 0) is 18.0 Å². The van der Waals surface area contributed by atoms with Gasteiger partial charge in [-0.15, -0.1) is 0 Å². The number of benzene rings is 2. The summed E-state index contributed by atoms with van der Waals surface area (Å²) >= 11 is 0. The molecule has 1 saturated heterocycles. The number of hydrogen-bond donors (Lipinski definition) is 6. The molecule has 2 aromatic heterocycles. The van der Waals surface area contributed by atoms with Gasteiger partial charge in [-0.25, -0.2) is 15.0 Å². The van der Waals surface area contributed by atoms with E-state index in [-0.39, 0.29) is 19.1 Å². The lowest BCUT2D eigenvalue weighted by Gasteiger charge is -2.22. The van der Waals surface area contributed by atoms with Crippen LogP contribution in [0.2, 0.25) is 0 Å². The molecule has 1 aliphatic rings. The van der Waals surface area contributed by atoms with Gasteiger partial charge in [-0.2, -0.15) is 0 Å². The molecule has 6 N–H and O–H groups in total. The standard InChI is InChI=1S/C27H31N5O6/c1-15-4-2-3-5-19(15)20(18-7-16(10-33)6-17(8-18)11-34)9-28-25-22-26(30-13-29-25)32(14-31-22)27-24(37)23(36)21(12-35)38-27/h2-8,13-14,20-21,23-24,27,33-37H,9-12H2,1H3,(H,28,29,30)/t20?,21-,23-,24?,27-/m1/s1. The van der Waals surface area contributed by atoms with Crippen LogP contribution in [0.4, 0.5) is 5.82 Å². The van der Waals surface area contributed by atoms with Gasteiger partial charge in [0.1, 0.15) is 24.6 Å². The number of ether oxygens (including phenoxy) is 1. The molecule has 0 amide bonds. The number of aryl methyl sites for hydroxylation is 1. The quantitative estimate of drug-likeness (QED) is 0.187. The average Bonchev–Trinajstić information content (AvgIpc) is 3.50. The van der Waals surface area contributed by atoms with Gasteiger partial charge in [-0.1, -0.05) is 42.5 Å². The normalized spacial score (nSPS) is 22.2. The predicted molar refractivity (Wildman–Crippen MR) is 138 cm³/mol. The summed E-state index contributed by atoms with van der Waals surface area (Å²) in [5.41, 5.74) is 5.40. The molecule has 5 rings (SSSR count). The largest absolute Gasteiger partial charge is 0.394 e. The maximum Gasteiger partial charge on any atom is 0.167 e. The molecule has 11 heteroatoms. The first-order chi connectivity index (χ1) is 18.4. The van der Waals surface area contributed by atoms with Gasteiger partial charge in [-0.3, -0.25) is 4.57 Å². The number of imidazole rings is 1. The Kier molecular flexibility index (Phi) is 7.65. The second-order valence-electron chi connectivity index (χ2n) is 9.46. The van der Waals surface area contributed by atoms with Crippen molar-refractivity contribution in [1.82, 2.24) is 19.5 Å². The molecule has 0 spiro atoms. The van der Waals surface area contributed by atoms with Crippen molar-refractivity contribution >= 4 is 17.0 Å². The number of aliphatic hydroxyl groups is 5. The first kappa shape index (κ1) is 26.2. The van der Waals surface area contributed by atoms with Gasteiger partial charge in [0.25, 0.3) is 0 Å². The molecule has 1 fully saturated rings. The molecule has 3 heterocycles. The fourth-order valence-electron chi connectivity index (χ4n) is 5.04. The minimum absolute atomic E-state index is 0.138. The maximum atomic E-state index is 10.5. The molecule has 0 aliphatic carbocycles. The van der Waals surface area contributed by atoms with E-state index in [1.807, 2.05) is 37.3 Å². The van der Waals surface area contributed by atoms with Crippen molar-refractivity contribution in [3.63, 3.8) is 0 Å². The first-order valence-corrected chi connectivity index (χ1v) is 12.4. The number of rotatable bonds is 9. The number of nitrogens with zero attached hydrogens (tertiary/aromatic N) is 4. The Morgan fingerprint density at radius 3 is 2.37 bits per heavy atom. The third-order valence-corrected chi connectivity index (χ3v) is 7.03.